The minimum absolute atomic E-state index is 0.269. The van der Waals surface area contributed by atoms with E-state index in [1.807, 2.05) is 18.2 Å². The van der Waals surface area contributed by atoms with Crippen LogP contribution in [0.4, 0.5) is 5.13 Å². The van der Waals surface area contributed by atoms with Crippen molar-refractivity contribution >= 4 is 34.1 Å². The molecule has 2 atom stereocenters. The van der Waals surface area contributed by atoms with Crippen LogP contribution < -0.4 is 5.32 Å². The molecule has 0 unspecified atom stereocenters. The smallest absolute Gasteiger partial charge is 0.233 e. The third-order valence-electron chi connectivity index (χ3n) is 5.58. The lowest BCUT2D eigenvalue weighted by Crippen LogP contribution is -2.50. The summed E-state index contributed by atoms with van der Waals surface area (Å²) in [5.74, 6) is 1.47. The zero-order chi connectivity index (χ0) is 18.5. The van der Waals surface area contributed by atoms with Crippen molar-refractivity contribution in [2.24, 2.45) is 5.92 Å². The van der Waals surface area contributed by atoms with Crippen LogP contribution in [0.15, 0.2) is 34.7 Å². The molecule has 1 aliphatic carbocycles. The Morgan fingerprint density at radius 2 is 1.96 bits per heavy atom. The van der Waals surface area contributed by atoms with E-state index in [0.717, 1.165) is 34.9 Å². The summed E-state index contributed by atoms with van der Waals surface area (Å²) in [6, 6.07) is 10.7. The van der Waals surface area contributed by atoms with Gasteiger partial charge >= 0.3 is 0 Å². The minimum atomic E-state index is 0.269. The molecule has 2 aromatic rings. The fourth-order valence-electron chi connectivity index (χ4n) is 4.25. The number of likely N-dealkylation sites (tertiary alicyclic amines) is 1. The van der Waals surface area contributed by atoms with Gasteiger partial charge in [0.25, 0.3) is 0 Å². The normalized spacial score (nSPS) is 22.3. The number of amides is 1. The number of piperidine rings is 1. The Morgan fingerprint density at radius 1 is 1.15 bits per heavy atom. The van der Waals surface area contributed by atoms with Gasteiger partial charge in [-0.25, -0.2) is 0 Å². The van der Waals surface area contributed by atoms with Crippen molar-refractivity contribution < 1.29 is 4.79 Å². The summed E-state index contributed by atoms with van der Waals surface area (Å²) in [4.78, 5) is 15.0. The van der Waals surface area contributed by atoms with Gasteiger partial charge in [-0.15, -0.1) is 10.2 Å². The molecule has 1 amide bonds. The monoisotopic (exact) mass is 402 g/mol. The summed E-state index contributed by atoms with van der Waals surface area (Å²) in [5, 5.41) is 12.5. The number of rotatable bonds is 6. The maximum atomic E-state index is 12.8. The molecule has 2 heterocycles. The largest absolute Gasteiger partial charge is 0.356 e. The van der Waals surface area contributed by atoms with E-state index < -0.39 is 0 Å². The number of hydrogen-bond acceptors (Lipinski definition) is 6. The van der Waals surface area contributed by atoms with Crippen LogP contribution in [-0.4, -0.2) is 39.3 Å². The number of hydrogen-bond donors (Lipinski definition) is 1. The molecule has 2 aliphatic rings. The van der Waals surface area contributed by atoms with E-state index >= 15 is 0 Å². The molecule has 144 valence electrons. The SMILES string of the molecule is O=C(CSc1nnc(NCc2ccccc2)s1)N1CCC[C@@H]2CCCC[C@H]21. The van der Waals surface area contributed by atoms with Gasteiger partial charge in [0.1, 0.15) is 0 Å². The molecule has 0 spiro atoms. The van der Waals surface area contributed by atoms with E-state index in [-0.39, 0.29) is 5.91 Å². The van der Waals surface area contributed by atoms with Crippen LogP contribution >= 0.6 is 23.1 Å². The number of carbonyl (C=O) groups is 1. The van der Waals surface area contributed by atoms with E-state index in [9.17, 15) is 4.79 Å². The van der Waals surface area contributed by atoms with Crippen molar-refractivity contribution in [3.63, 3.8) is 0 Å². The number of anilines is 1. The Bertz CT molecular complexity index is 749. The van der Waals surface area contributed by atoms with Gasteiger partial charge in [-0.3, -0.25) is 4.79 Å². The molecule has 27 heavy (non-hydrogen) atoms. The van der Waals surface area contributed by atoms with Gasteiger partial charge < -0.3 is 10.2 Å². The van der Waals surface area contributed by atoms with Crippen LogP contribution in [0.1, 0.15) is 44.1 Å². The predicted molar refractivity (Wildman–Crippen MR) is 111 cm³/mol. The first-order valence-electron chi connectivity index (χ1n) is 9.83. The fourth-order valence-corrected chi connectivity index (χ4v) is 5.89. The van der Waals surface area contributed by atoms with Crippen molar-refractivity contribution in [2.45, 2.75) is 55.5 Å². The summed E-state index contributed by atoms with van der Waals surface area (Å²) < 4.78 is 0.858. The highest BCUT2D eigenvalue weighted by atomic mass is 32.2. The third kappa shape index (κ3) is 4.82. The molecule has 2 fully saturated rings. The fraction of sp³-hybridized carbons (Fsp3) is 0.550. The molecule has 4 rings (SSSR count). The molecule has 1 saturated carbocycles. The van der Waals surface area contributed by atoms with Crippen LogP contribution in [0.3, 0.4) is 0 Å². The van der Waals surface area contributed by atoms with Crippen LogP contribution in [0, 0.1) is 5.92 Å². The first kappa shape index (κ1) is 18.7. The third-order valence-corrected chi connectivity index (χ3v) is 7.57. The molecule has 1 aliphatic heterocycles. The van der Waals surface area contributed by atoms with Crippen molar-refractivity contribution in [1.82, 2.24) is 15.1 Å². The highest BCUT2D eigenvalue weighted by Crippen LogP contribution is 2.36. The Labute approximate surface area is 168 Å². The molecule has 1 aromatic heterocycles. The van der Waals surface area contributed by atoms with Gasteiger partial charge in [0.15, 0.2) is 4.34 Å². The highest BCUT2D eigenvalue weighted by Gasteiger charge is 2.35. The van der Waals surface area contributed by atoms with Crippen molar-refractivity contribution in [1.29, 1.82) is 0 Å². The number of aromatic nitrogens is 2. The molecule has 7 heteroatoms. The summed E-state index contributed by atoms with van der Waals surface area (Å²) in [6.45, 7) is 1.66. The van der Waals surface area contributed by atoms with Crippen LogP contribution in [0.2, 0.25) is 0 Å². The average Bonchev–Trinajstić information content (AvgIpc) is 3.19. The first-order valence-corrected chi connectivity index (χ1v) is 11.6. The van der Waals surface area contributed by atoms with Gasteiger partial charge in [-0.2, -0.15) is 0 Å². The Balaban J connectivity index is 1.27. The second-order valence-electron chi connectivity index (χ2n) is 7.34. The summed E-state index contributed by atoms with van der Waals surface area (Å²) in [6.07, 6.45) is 7.55. The van der Waals surface area contributed by atoms with Crippen molar-refractivity contribution in [3.8, 4) is 0 Å². The van der Waals surface area contributed by atoms with Crippen LogP contribution in [0.25, 0.3) is 0 Å². The standard InChI is InChI=1S/C20H26N4OS2/c25-18(24-12-6-10-16-9-4-5-11-17(16)24)14-26-20-23-22-19(27-20)21-13-15-7-2-1-3-8-15/h1-3,7-8,16-17H,4-6,9-14H2,(H,21,22)/t16-,17+/m0/s1. The Hall–Kier alpha value is -1.60. The lowest BCUT2D eigenvalue weighted by Gasteiger charge is -2.44. The zero-order valence-electron chi connectivity index (χ0n) is 15.5. The molecule has 1 aromatic carbocycles. The van der Waals surface area contributed by atoms with E-state index in [4.69, 9.17) is 0 Å². The minimum Gasteiger partial charge on any atom is -0.356 e. The number of carbonyl (C=O) groups excluding carboxylic acids is 1. The summed E-state index contributed by atoms with van der Waals surface area (Å²) in [7, 11) is 0. The van der Waals surface area contributed by atoms with E-state index in [2.05, 4.69) is 32.5 Å². The van der Waals surface area contributed by atoms with Gasteiger partial charge in [0.2, 0.25) is 11.0 Å². The van der Waals surface area contributed by atoms with Gasteiger partial charge in [-0.1, -0.05) is 66.3 Å². The van der Waals surface area contributed by atoms with E-state index in [0.29, 0.717) is 11.8 Å². The lowest BCUT2D eigenvalue weighted by molar-refractivity contribution is -0.134. The lowest BCUT2D eigenvalue weighted by atomic mass is 9.78. The van der Waals surface area contributed by atoms with Crippen LogP contribution in [-0.2, 0) is 11.3 Å². The van der Waals surface area contributed by atoms with E-state index in [1.54, 1.807) is 0 Å². The Kier molecular flexibility index (Phi) is 6.29. The number of fused-ring (bicyclic) bond motifs is 1. The quantitative estimate of drug-likeness (QED) is 0.725. The van der Waals surface area contributed by atoms with E-state index in [1.165, 1.54) is 60.8 Å². The second kappa shape index (κ2) is 9.06. The first-order chi connectivity index (χ1) is 13.3. The molecular formula is C20H26N4OS2. The summed E-state index contributed by atoms with van der Waals surface area (Å²) >= 11 is 3.04. The molecular weight excluding hydrogens is 376 g/mol. The number of benzene rings is 1. The molecule has 1 N–H and O–H groups in total. The molecule has 5 nitrogen and oxygen atoms in total. The molecule has 0 bridgehead atoms. The summed E-state index contributed by atoms with van der Waals surface area (Å²) in [5.41, 5.74) is 1.21. The topological polar surface area (TPSA) is 58.1 Å². The number of nitrogens with zero attached hydrogens (tertiary/aromatic N) is 3. The van der Waals surface area contributed by atoms with Crippen LogP contribution in [0.5, 0.6) is 0 Å². The average molecular weight is 403 g/mol. The second-order valence-corrected chi connectivity index (χ2v) is 9.54. The molecule has 1 saturated heterocycles. The molecule has 0 radical (unpaired) electrons. The van der Waals surface area contributed by atoms with Gasteiger partial charge in [0, 0.05) is 19.1 Å². The van der Waals surface area contributed by atoms with Crippen molar-refractivity contribution in [3.05, 3.63) is 35.9 Å². The van der Waals surface area contributed by atoms with Crippen molar-refractivity contribution in [2.75, 3.05) is 17.6 Å². The number of nitrogens with one attached hydrogen (secondary N) is 1. The maximum Gasteiger partial charge on any atom is 0.233 e. The zero-order valence-corrected chi connectivity index (χ0v) is 17.1. The number of thioether (sulfide) groups is 1. The Morgan fingerprint density at radius 3 is 2.85 bits per heavy atom. The predicted octanol–water partition coefficient (Wildman–Crippen LogP) is 4.42. The van der Waals surface area contributed by atoms with Gasteiger partial charge in [-0.05, 0) is 37.2 Å². The highest BCUT2D eigenvalue weighted by molar-refractivity contribution is 8.01. The van der Waals surface area contributed by atoms with Gasteiger partial charge in [0.05, 0.1) is 5.75 Å². The maximum absolute atomic E-state index is 12.8.